The molecule has 0 radical (unpaired) electrons. The first-order valence-corrected chi connectivity index (χ1v) is 5.34. The molecule has 88 valence electrons. The Morgan fingerprint density at radius 1 is 1.25 bits per heavy atom. The second-order valence-electron chi connectivity index (χ2n) is 4.79. The summed E-state index contributed by atoms with van der Waals surface area (Å²) in [5.74, 6) is -0.296. The van der Waals surface area contributed by atoms with Crippen LogP contribution < -0.4 is 5.32 Å². The van der Waals surface area contributed by atoms with Gasteiger partial charge in [-0.05, 0) is 38.5 Å². The van der Waals surface area contributed by atoms with E-state index in [9.17, 15) is 4.79 Å². The van der Waals surface area contributed by atoms with Crippen molar-refractivity contribution in [2.45, 2.75) is 32.9 Å². The Labute approximate surface area is 96.8 Å². The van der Waals surface area contributed by atoms with E-state index >= 15 is 0 Å². The van der Waals surface area contributed by atoms with Crippen molar-refractivity contribution in [3.05, 3.63) is 35.4 Å². The van der Waals surface area contributed by atoms with Gasteiger partial charge in [-0.25, -0.2) is 4.79 Å². The smallest absolute Gasteiger partial charge is 0.337 e. The molecule has 0 heterocycles. The largest absolute Gasteiger partial charge is 0.465 e. The lowest BCUT2D eigenvalue weighted by atomic mass is 10.1. The third-order valence-corrected chi connectivity index (χ3v) is 2.20. The van der Waals surface area contributed by atoms with Crippen molar-refractivity contribution < 1.29 is 9.53 Å². The highest BCUT2D eigenvalue weighted by molar-refractivity contribution is 5.89. The van der Waals surface area contributed by atoms with Gasteiger partial charge in [0.25, 0.3) is 0 Å². The molecule has 1 aromatic rings. The Kier molecular flexibility index (Phi) is 4.07. The summed E-state index contributed by atoms with van der Waals surface area (Å²) in [4.78, 5) is 11.2. The van der Waals surface area contributed by atoms with Crippen molar-refractivity contribution in [3.8, 4) is 0 Å². The maximum absolute atomic E-state index is 11.2. The van der Waals surface area contributed by atoms with Crippen LogP contribution in [0, 0.1) is 0 Å². The van der Waals surface area contributed by atoms with Gasteiger partial charge in [0.1, 0.15) is 0 Å². The van der Waals surface area contributed by atoms with E-state index in [4.69, 9.17) is 0 Å². The molecule has 1 rings (SSSR count). The Hall–Kier alpha value is -1.35. The zero-order valence-electron chi connectivity index (χ0n) is 10.3. The van der Waals surface area contributed by atoms with Gasteiger partial charge in [0, 0.05) is 12.1 Å². The first-order valence-electron chi connectivity index (χ1n) is 5.34. The van der Waals surface area contributed by atoms with E-state index in [-0.39, 0.29) is 11.5 Å². The molecule has 0 spiro atoms. The van der Waals surface area contributed by atoms with E-state index in [1.165, 1.54) is 7.11 Å². The van der Waals surface area contributed by atoms with Gasteiger partial charge in [0.15, 0.2) is 0 Å². The molecular formula is C13H19NO2. The summed E-state index contributed by atoms with van der Waals surface area (Å²) < 4.78 is 4.64. The third-order valence-electron chi connectivity index (χ3n) is 2.20. The van der Waals surface area contributed by atoms with Gasteiger partial charge in [0.2, 0.25) is 0 Å². The Balaban J connectivity index is 2.62. The first kappa shape index (κ1) is 12.7. The van der Waals surface area contributed by atoms with Crippen molar-refractivity contribution in [2.24, 2.45) is 0 Å². The fraction of sp³-hybridized carbons (Fsp3) is 0.462. The number of carbonyl (C=O) groups is 1. The molecule has 0 aliphatic heterocycles. The van der Waals surface area contributed by atoms with Gasteiger partial charge < -0.3 is 10.1 Å². The molecule has 0 saturated heterocycles. The predicted molar refractivity (Wildman–Crippen MR) is 64.4 cm³/mol. The number of nitrogens with one attached hydrogen (secondary N) is 1. The lowest BCUT2D eigenvalue weighted by molar-refractivity contribution is 0.0600. The molecule has 16 heavy (non-hydrogen) atoms. The molecule has 3 nitrogen and oxygen atoms in total. The number of methoxy groups -OCH3 is 1. The fourth-order valence-corrected chi connectivity index (χ4v) is 1.24. The van der Waals surface area contributed by atoms with Crippen LogP contribution in [0.4, 0.5) is 0 Å². The zero-order valence-corrected chi connectivity index (χ0v) is 10.3. The molecular weight excluding hydrogens is 202 g/mol. The highest BCUT2D eigenvalue weighted by Gasteiger charge is 2.09. The van der Waals surface area contributed by atoms with Crippen molar-refractivity contribution in [2.75, 3.05) is 7.11 Å². The van der Waals surface area contributed by atoms with Crippen LogP contribution in [-0.2, 0) is 11.3 Å². The summed E-state index contributed by atoms with van der Waals surface area (Å²) in [6.45, 7) is 7.16. The first-order chi connectivity index (χ1) is 7.42. The van der Waals surface area contributed by atoms with Crippen molar-refractivity contribution in [1.29, 1.82) is 0 Å². The van der Waals surface area contributed by atoms with Crippen molar-refractivity contribution >= 4 is 5.97 Å². The van der Waals surface area contributed by atoms with Crippen LogP contribution in [0.2, 0.25) is 0 Å². The van der Waals surface area contributed by atoms with Gasteiger partial charge in [-0.15, -0.1) is 0 Å². The van der Waals surface area contributed by atoms with E-state index in [0.29, 0.717) is 5.56 Å². The van der Waals surface area contributed by atoms with Gasteiger partial charge in [-0.3, -0.25) is 0 Å². The molecule has 0 aliphatic carbocycles. The van der Waals surface area contributed by atoms with Gasteiger partial charge in [0.05, 0.1) is 12.7 Å². The van der Waals surface area contributed by atoms with Crippen molar-refractivity contribution in [3.63, 3.8) is 0 Å². The monoisotopic (exact) mass is 221 g/mol. The minimum Gasteiger partial charge on any atom is -0.465 e. The van der Waals surface area contributed by atoms with Crippen LogP contribution in [0.25, 0.3) is 0 Å². The molecule has 0 aliphatic rings. The van der Waals surface area contributed by atoms with Crippen LogP contribution in [-0.4, -0.2) is 18.6 Å². The fourth-order valence-electron chi connectivity index (χ4n) is 1.24. The molecule has 1 N–H and O–H groups in total. The second kappa shape index (κ2) is 5.12. The molecule has 0 amide bonds. The second-order valence-corrected chi connectivity index (χ2v) is 4.79. The van der Waals surface area contributed by atoms with Crippen molar-refractivity contribution in [1.82, 2.24) is 5.32 Å². The average Bonchev–Trinajstić information content (AvgIpc) is 2.25. The SMILES string of the molecule is COC(=O)c1ccc(CNC(C)(C)C)cc1. The average molecular weight is 221 g/mol. The predicted octanol–water partition coefficient (Wildman–Crippen LogP) is 2.36. The summed E-state index contributed by atoms with van der Waals surface area (Å²) in [6.07, 6.45) is 0. The number of esters is 1. The Bertz CT molecular complexity index is 349. The van der Waals surface area contributed by atoms with Crippen LogP contribution in [0.1, 0.15) is 36.7 Å². The highest BCUT2D eigenvalue weighted by atomic mass is 16.5. The minimum atomic E-state index is -0.296. The van der Waals surface area contributed by atoms with E-state index < -0.39 is 0 Å². The van der Waals surface area contributed by atoms with Gasteiger partial charge in [-0.2, -0.15) is 0 Å². The van der Waals surface area contributed by atoms with Crippen LogP contribution in [0.5, 0.6) is 0 Å². The molecule has 1 aromatic carbocycles. The summed E-state index contributed by atoms with van der Waals surface area (Å²) in [5.41, 5.74) is 1.84. The minimum absolute atomic E-state index is 0.0982. The summed E-state index contributed by atoms with van der Waals surface area (Å²) in [6, 6.07) is 7.44. The van der Waals surface area contributed by atoms with Crippen LogP contribution >= 0.6 is 0 Å². The maximum Gasteiger partial charge on any atom is 0.337 e. The van der Waals surface area contributed by atoms with Crippen LogP contribution in [0.15, 0.2) is 24.3 Å². The highest BCUT2D eigenvalue weighted by Crippen LogP contribution is 2.07. The number of hydrogen-bond donors (Lipinski definition) is 1. The summed E-state index contributed by atoms with van der Waals surface area (Å²) >= 11 is 0. The standard InChI is InChI=1S/C13H19NO2/c1-13(2,3)14-9-10-5-7-11(8-6-10)12(15)16-4/h5-8,14H,9H2,1-4H3. The maximum atomic E-state index is 11.2. The number of benzene rings is 1. The molecule has 0 aromatic heterocycles. The third kappa shape index (κ3) is 4.03. The lowest BCUT2D eigenvalue weighted by Crippen LogP contribution is -2.35. The molecule has 0 atom stereocenters. The lowest BCUT2D eigenvalue weighted by Gasteiger charge is -2.20. The number of carbonyl (C=O) groups excluding carboxylic acids is 1. The van der Waals surface area contributed by atoms with E-state index in [1.807, 2.05) is 12.1 Å². The molecule has 0 fully saturated rings. The topological polar surface area (TPSA) is 38.3 Å². The zero-order chi connectivity index (χ0) is 12.2. The molecule has 0 unspecified atom stereocenters. The van der Waals surface area contributed by atoms with E-state index in [1.54, 1.807) is 12.1 Å². The number of hydrogen-bond acceptors (Lipinski definition) is 3. The Morgan fingerprint density at radius 3 is 2.25 bits per heavy atom. The molecule has 0 saturated carbocycles. The van der Waals surface area contributed by atoms with E-state index in [0.717, 1.165) is 12.1 Å². The van der Waals surface area contributed by atoms with E-state index in [2.05, 4.69) is 30.8 Å². The number of ether oxygens (including phenoxy) is 1. The molecule has 0 bridgehead atoms. The Morgan fingerprint density at radius 2 is 1.81 bits per heavy atom. The normalized spacial score (nSPS) is 11.2. The van der Waals surface area contributed by atoms with Gasteiger partial charge >= 0.3 is 5.97 Å². The molecule has 3 heteroatoms. The summed E-state index contributed by atoms with van der Waals surface area (Å²) in [5, 5.41) is 3.38. The number of rotatable bonds is 3. The van der Waals surface area contributed by atoms with Gasteiger partial charge in [-0.1, -0.05) is 12.1 Å². The quantitative estimate of drug-likeness (QED) is 0.796. The van der Waals surface area contributed by atoms with Crippen LogP contribution in [0.3, 0.4) is 0 Å². The summed E-state index contributed by atoms with van der Waals surface area (Å²) in [7, 11) is 1.39.